The Kier molecular flexibility index (Phi) is 69.4. The van der Waals surface area contributed by atoms with Gasteiger partial charge in [0.2, 0.25) is 5.91 Å². The molecule has 0 aromatic heterocycles. The molecule has 0 radical (unpaired) electrons. The first kappa shape index (κ1) is 90.2. The van der Waals surface area contributed by atoms with Crippen LogP contribution in [0.15, 0.2) is 24.3 Å². The Balaban J connectivity index is 1.83. The van der Waals surface area contributed by atoms with Crippen LogP contribution < -0.4 is 5.32 Å². The van der Waals surface area contributed by atoms with Crippen LogP contribution >= 0.6 is 0 Å². The van der Waals surface area contributed by atoms with Crippen LogP contribution in [0.5, 0.6) is 0 Å². The maximum absolute atomic E-state index is 13.0. The number of ether oxygens (including phenoxy) is 3. The molecule has 1 aliphatic rings. The molecular weight excluding hydrogens is 1170 g/mol. The summed E-state index contributed by atoms with van der Waals surface area (Å²) in [6.45, 7) is 4.38. The minimum absolute atomic E-state index is 0.0222. The highest BCUT2D eigenvalue weighted by molar-refractivity contribution is 5.76. The molecule has 0 aromatic rings. The summed E-state index contributed by atoms with van der Waals surface area (Å²) in [6.07, 6.45) is 84.0. The smallest absolute Gasteiger partial charge is 0.305 e. The lowest BCUT2D eigenvalue weighted by Crippen LogP contribution is -2.60. The number of amides is 1. The maximum atomic E-state index is 13.0. The van der Waals surface area contributed by atoms with E-state index in [4.69, 9.17) is 14.2 Å². The Hall–Kier alpha value is -1.86. The molecule has 0 saturated carbocycles. The van der Waals surface area contributed by atoms with Gasteiger partial charge >= 0.3 is 5.97 Å². The topological polar surface area (TPSA) is 175 Å². The molecule has 1 saturated heterocycles. The number of unbranched alkanes of at least 4 members (excludes halogenated alkanes) is 59. The third-order valence-electron chi connectivity index (χ3n) is 20.1. The van der Waals surface area contributed by atoms with Crippen LogP contribution in [0.2, 0.25) is 0 Å². The number of rotatable bonds is 75. The molecule has 556 valence electrons. The first-order valence-corrected chi connectivity index (χ1v) is 41.6. The van der Waals surface area contributed by atoms with E-state index < -0.39 is 49.5 Å². The van der Waals surface area contributed by atoms with Gasteiger partial charge in [-0.25, -0.2) is 0 Å². The van der Waals surface area contributed by atoms with Gasteiger partial charge in [0.15, 0.2) is 6.29 Å². The van der Waals surface area contributed by atoms with E-state index >= 15 is 0 Å². The summed E-state index contributed by atoms with van der Waals surface area (Å²) in [4.78, 5) is 25.2. The maximum Gasteiger partial charge on any atom is 0.305 e. The summed E-state index contributed by atoms with van der Waals surface area (Å²) >= 11 is 0. The van der Waals surface area contributed by atoms with Crippen molar-refractivity contribution >= 4 is 11.9 Å². The van der Waals surface area contributed by atoms with E-state index in [9.17, 15) is 35.1 Å². The van der Waals surface area contributed by atoms with Gasteiger partial charge in [-0.15, -0.1) is 0 Å². The van der Waals surface area contributed by atoms with Crippen LogP contribution in [-0.2, 0) is 23.8 Å². The van der Waals surface area contributed by atoms with E-state index in [1.54, 1.807) is 6.08 Å². The molecule has 1 aliphatic heterocycles. The molecule has 0 spiro atoms. The third-order valence-corrected chi connectivity index (χ3v) is 20.1. The van der Waals surface area contributed by atoms with Gasteiger partial charge in [-0.1, -0.05) is 385 Å². The van der Waals surface area contributed by atoms with Gasteiger partial charge in [0.1, 0.15) is 24.4 Å². The fourth-order valence-electron chi connectivity index (χ4n) is 13.6. The van der Waals surface area contributed by atoms with Crippen molar-refractivity contribution in [1.29, 1.82) is 0 Å². The van der Waals surface area contributed by atoms with Crippen molar-refractivity contribution in [2.24, 2.45) is 0 Å². The first-order valence-electron chi connectivity index (χ1n) is 41.6. The van der Waals surface area contributed by atoms with E-state index in [0.29, 0.717) is 19.4 Å². The number of carbonyl (C=O) groups is 2. The lowest BCUT2D eigenvalue weighted by molar-refractivity contribution is -0.302. The molecule has 7 unspecified atom stereocenters. The monoisotopic (exact) mass is 1330 g/mol. The molecule has 1 heterocycles. The van der Waals surface area contributed by atoms with Gasteiger partial charge in [-0.3, -0.25) is 9.59 Å². The quantitative estimate of drug-likeness (QED) is 0.0195. The zero-order valence-corrected chi connectivity index (χ0v) is 62.2. The molecule has 94 heavy (non-hydrogen) atoms. The molecule has 1 amide bonds. The first-order chi connectivity index (χ1) is 46.2. The molecule has 6 N–H and O–H groups in total. The minimum atomic E-state index is -1.57. The normalized spacial score (nSPS) is 17.5. The van der Waals surface area contributed by atoms with Gasteiger partial charge in [-0.2, -0.15) is 0 Å². The fourth-order valence-corrected chi connectivity index (χ4v) is 13.6. The predicted octanol–water partition coefficient (Wildman–Crippen LogP) is 22.7. The number of hydrogen-bond donors (Lipinski definition) is 6. The summed E-state index contributed by atoms with van der Waals surface area (Å²) in [7, 11) is 0. The summed E-state index contributed by atoms with van der Waals surface area (Å²) < 4.78 is 16.8. The average Bonchev–Trinajstić information content (AvgIpc) is 0.834. The van der Waals surface area contributed by atoms with Gasteiger partial charge in [-0.05, 0) is 57.8 Å². The summed E-state index contributed by atoms with van der Waals surface area (Å²) in [5, 5.41) is 54.4. The second kappa shape index (κ2) is 72.4. The van der Waals surface area contributed by atoms with Crippen LogP contribution in [0, 0.1) is 0 Å². The number of carbonyl (C=O) groups excluding carboxylic acids is 2. The zero-order chi connectivity index (χ0) is 67.9. The second-order valence-corrected chi connectivity index (χ2v) is 29.2. The van der Waals surface area contributed by atoms with E-state index in [2.05, 4.69) is 31.3 Å². The highest BCUT2D eigenvalue weighted by Crippen LogP contribution is 2.24. The Morgan fingerprint density at radius 1 is 0.383 bits per heavy atom. The SMILES string of the molecule is CCCCCCCCC/C=C/C(O)C(COC1OC(CO)C(O)C(O)C1O)NC(=O)CCCCCCCCCCCCCCCCCCC/C=C\CCCCCCCCCCCCCCCCCCCCOC(=O)CCCCCCCCCCCCCCCCCCCC. The summed E-state index contributed by atoms with van der Waals surface area (Å²) in [5.41, 5.74) is 0. The van der Waals surface area contributed by atoms with Gasteiger partial charge in [0, 0.05) is 12.8 Å². The summed E-state index contributed by atoms with van der Waals surface area (Å²) in [5.74, 6) is -0.155. The van der Waals surface area contributed by atoms with Crippen LogP contribution in [0.4, 0.5) is 0 Å². The third kappa shape index (κ3) is 60.1. The van der Waals surface area contributed by atoms with E-state index in [1.807, 2.05) is 6.08 Å². The number of aliphatic hydroxyl groups excluding tert-OH is 5. The Labute approximate surface area is 581 Å². The number of aliphatic hydroxyl groups is 5. The van der Waals surface area contributed by atoms with Crippen LogP contribution in [-0.4, -0.2) is 100 Å². The molecule has 1 rings (SSSR count). The van der Waals surface area contributed by atoms with Crippen molar-refractivity contribution < 1.29 is 49.3 Å². The van der Waals surface area contributed by atoms with Gasteiger partial charge < -0.3 is 45.1 Å². The molecule has 0 aromatic carbocycles. The summed E-state index contributed by atoms with van der Waals surface area (Å²) in [6, 6.07) is -0.805. The van der Waals surface area contributed by atoms with Crippen LogP contribution in [0.3, 0.4) is 0 Å². The lowest BCUT2D eigenvalue weighted by Gasteiger charge is -2.40. The van der Waals surface area contributed by atoms with E-state index in [-0.39, 0.29) is 18.5 Å². The van der Waals surface area contributed by atoms with Crippen LogP contribution in [0.1, 0.15) is 431 Å². The minimum Gasteiger partial charge on any atom is -0.466 e. The fraction of sp³-hybridized carbons (Fsp3) is 0.928. The van der Waals surface area contributed by atoms with E-state index in [0.717, 1.165) is 51.4 Å². The Morgan fingerprint density at radius 2 is 0.681 bits per heavy atom. The number of hydrogen-bond acceptors (Lipinski definition) is 10. The Bertz CT molecular complexity index is 1610. The average molecular weight is 1330 g/mol. The molecule has 11 heteroatoms. The number of esters is 1. The molecular formula is C83H159NO10. The van der Waals surface area contributed by atoms with E-state index in [1.165, 1.54) is 353 Å². The van der Waals surface area contributed by atoms with Crippen molar-refractivity contribution in [3.05, 3.63) is 24.3 Å². The molecule has 1 fully saturated rings. The standard InChI is InChI=1S/C83H159NO10/c1-3-5-7-9-11-13-14-15-16-17-42-45-48-51-55-59-63-67-71-79(88)92-72-68-64-60-56-52-49-46-43-40-38-36-34-32-30-28-26-24-22-20-18-19-21-23-25-27-29-31-33-35-37-39-41-44-47-50-54-58-62-66-70-78(87)84-75(76(86)69-65-61-57-53-12-10-8-6-4-2)74-93-83-82(91)81(90)80(89)77(73-85)94-83/h18-19,65,69,75-77,80-83,85-86,89-91H,3-17,20-64,66-68,70-74H2,1-2H3,(H,84,87)/b19-18-,69-65+. The molecule has 11 nitrogen and oxygen atoms in total. The predicted molar refractivity (Wildman–Crippen MR) is 398 cm³/mol. The highest BCUT2D eigenvalue weighted by atomic mass is 16.7. The molecule has 0 aliphatic carbocycles. The van der Waals surface area contributed by atoms with Crippen molar-refractivity contribution in [3.63, 3.8) is 0 Å². The Morgan fingerprint density at radius 3 is 1.02 bits per heavy atom. The lowest BCUT2D eigenvalue weighted by atomic mass is 9.99. The molecule has 0 bridgehead atoms. The zero-order valence-electron chi connectivity index (χ0n) is 62.2. The molecule has 7 atom stereocenters. The highest BCUT2D eigenvalue weighted by Gasteiger charge is 2.44. The number of nitrogens with one attached hydrogen (secondary N) is 1. The van der Waals surface area contributed by atoms with Gasteiger partial charge in [0.05, 0.1) is 32.0 Å². The number of allylic oxidation sites excluding steroid dienone is 3. The van der Waals surface area contributed by atoms with Crippen LogP contribution in [0.25, 0.3) is 0 Å². The van der Waals surface area contributed by atoms with Gasteiger partial charge in [0.25, 0.3) is 0 Å². The second-order valence-electron chi connectivity index (χ2n) is 29.2. The van der Waals surface area contributed by atoms with Crippen molar-refractivity contribution in [2.45, 2.75) is 474 Å². The van der Waals surface area contributed by atoms with Crippen molar-refractivity contribution in [2.75, 3.05) is 19.8 Å². The van der Waals surface area contributed by atoms with Crippen molar-refractivity contribution in [3.8, 4) is 0 Å². The van der Waals surface area contributed by atoms with Crippen molar-refractivity contribution in [1.82, 2.24) is 5.32 Å². The largest absolute Gasteiger partial charge is 0.466 e.